The summed E-state index contributed by atoms with van der Waals surface area (Å²) in [5.74, 6) is 1.20. The molecule has 1 aromatic heterocycles. The highest BCUT2D eigenvalue weighted by molar-refractivity contribution is 14.1. The summed E-state index contributed by atoms with van der Waals surface area (Å²) in [6, 6.07) is 10.4. The fraction of sp³-hybridized carbons (Fsp3) is 0.167. The lowest BCUT2D eigenvalue weighted by Crippen LogP contribution is -2.32. The van der Waals surface area contributed by atoms with Gasteiger partial charge in [0.15, 0.2) is 11.5 Å². The second-order valence-corrected chi connectivity index (χ2v) is 6.47. The monoisotopic (exact) mass is 465 g/mol. The van der Waals surface area contributed by atoms with Crippen LogP contribution in [0.25, 0.3) is 10.9 Å². The fourth-order valence-corrected chi connectivity index (χ4v) is 3.35. The van der Waals surface area contributed by atoms with Crippen molar-refractivity contribution in [2.75, 3.05) is 13.7 Å². The predicted octanol–water partition coefficient (Wildman–Crippen LogP) is 2.58. The smallest absolute Gasteiger partial charge is 0.349 e. The van der Waals surface area contributed by atoms with Gasteiger partial charge in [0.1, 0.15) is 0 Å². The molecule has 134 valence electrons. The summed E-state index contributed by atoms with van der Waals surface area (Å²) in [6.07, 6.45) is 1.44. The molecule has 0 bridgehead atoms. The van der Waals surface area contributed by atoms with E-state index in [-0.39, 0.29) is 0 Å². The van der Waals surface area contributed by atoms with Crippen LogP contribution in [0.5, 0.6) is 11.5 Å². The number of H-pyrrole nitrogens is 1. The van der Waals surface area contributed by atoms with E-state index >= 15 is 0 Å². The van der Waals surface area contributed by atoms with Gasteiger partial charge in [-0.2, -0.15) is 5.10 Å². The maximum atomic E-state index is 12.5. The third-order valence-corrected chi connectivity index (χ3v) is 4.44. The van der Waals surface area contributed by atoms with Crippen molar-refractivity contribution in [1.29, 1.82) is 0 Å². The molecule has 2 aromatic carbocycles. The van der Waals surface area contributed by atoms with Crippen molar-refractivity contribution in [3.05, 3.63) is 66.4 Å². The van der Waals surface area contributed by atoms with Crippen molar-refractivity contribution in [2.45, 2.75) is 6.92 Å². The van der Waals surface area contributed by atoms with E-state index in [1.165, 1.54) is 6.21 Å². The van der Waals surface area contributed by atoms with Crippen LogP contribution in [-0.2, 0) is 0 Å². The number of hydrogen-bond acceptors (Lipinski definition) is 5. The Balaban J connectivity index is 2.07. The Bertz CT molecular complexity index is 1100. The maximum absolute atomic E-state index is 12.5. The van der Waals surface area contributed by atoms with E-state index in [1.807, 2.05) is 13.0 Å². The van der Waals surface area contributed by atoms with E-state index in [0.29, 0.717) is 34.6 Å². The molecule has 0 aliphatic carbocycles. The Labute approximate surface area is 162 Å². The Hall–Kier alpha value is -2.62. The van der Waals surface area contributed by atoms with E-state index < -0.39 is 11.2 Å². The quantitative estimate of drug-likeness (QED) is 0.464. The molecule has 0 amide bonds. The van der Waals surface area contributed by atoms with Crippen molar-refractivity contribution in [2.24, 2.45) is 5.10 Å². The first-order chi connectivity index (χ1) is 12.5. The highest BCUT2D eigenvalue weighted by atomic mass is 127. The number of nitrogens with one attached hydrogen (secondary N) is 1. The summed E-state index contributed by atoms with van der Waals surface area (Å²) >= 11 is 2.13. The molecule has 0 aliphatic heterocycles. The molecular formula is C18H16IN3O4. The van der Waals surface area contributed by atoms with Crippen LogP contribution in [0.2, 0.25) is 0 Å². The number of benzene rings is 2. The van der Waals surface area contributed by atoms with Crippen molar-refractivity contribution in [3.63, 3.8) is 0 Å². The molecule has 1 heterocycles. The zero-order chi connectivity index (χ0) is 18.7. The zero-order valence-electron chi connectivity index (χ0n) is 14.2. The zero-order valence-corrected chi connectivity index (χ0v) is 16.3. The van der Waals surface area contributed by atoms with E-state index in [0.717, 1.165) is 8.25 Å². The number of rotatable bonds is 5. The number of aromatic nitrogens is 2. The largest absolute Gasteiger partial charge is 0.492 e. The van der Waals surface area contributed by atoms with Gasteiger partial charge in [-0.1, -0.05) is 12.1 Å². The SMILES string of the molecule is CCOc1cc(C=Nn2c(=O)[nH]c3ccccc3c2=O)cc(I)c1OC. The number of nitrogens with zero attached hydrogens (tertiary/aromatic N) is 2. The molecule has 0 unspecified atom stereocenters. The first-order valence-corrected chi connectivity index (χ1v) is 8.91. The molecule has 0 atom stereocenters. The minimum Gasteiger partial charge on any atom is -0.492 e. The average Bonchev–Trinajstić information content (AvgIpc) is 2.62. The highest BCUT2D eigenvalue weighted by Crippen LogP contribution is 2.33. The molecule has 26 heavy (non-hydrogen) atoms. The molecule has 7 nitrogen and oxygen atoms in total. The Morgan fingerprint density at radius 1 is 1.27 bits per heavy atom. The van der Waals surface area contributed by atoms with Gasteiger partial charge in [-0.05, 0) is 59.3 Å². The lowest BCUT2D eigenvalue weighted by atomic mass is 10.2. The Kier molecular flexibility index (Phi) is 5.40. The number of hydrogen-bond donors (Lipinski definition) is 1. The lowest BCUT2D eigenvalue weighted by Gasteiger charge is -2.11. The van der Waals surface area contributed by atoms with Gasteiger partial charge in [0, 0.05) is 0 Å². The van der Waals surface area contributed by atoms with E-state index in [1.54, 1.807) is 37.4 Å². The third kappa shape index (κ3) is 3.50. The summed E-state index contributed by atoms with van der Waals surface area (Å²) < 4.78 is 12.6. The summed E-state index contributed by atoms with van der Waals surface area (Å²) in [4.78, 5) is 27.3. The third-order valence-electron chi connectivity index (χ3n) is 3.64. The van der Waals surface area contributed by atoms with Gasteiger partial charge >= 0.3 is 5.69 Å². The normalized spacial score (nSPS) is 11.2. The number of ether oxygens (including phenoxy) is 2. The van der Waals surface area contributed by atoms with Gasteiger partial charge in [0.05, 0.1) is 34.4 Å². The van der Waals surface area contributed by atoms with Crippen LogP contribution in [0.15, 0.2) is 51.1 Å². The van der Waals surface area contributed by atoms with E-state index in [9.17, 15) is 9.59 Å². The highest BCUT2D eigenvalue weighted by Gasteiger charge is 2.11. The van der Waals surface area contributed by atoms with Gasteiger partial charge in [-0.3, -0.25) is 4.79 Å². The second kappa shape index (κ2) is 7.73. The first kappa shape index (κ1) is 18.2. The molecule has 8 heteroatoms. The molecule has 0 saturated heterocycles. The van der Waals surface area contributed by atoms with Crippen LogP contribution in [0.1, 0.15) is 12.5 Å². The Morgan fingerprint density at radius 2 is 2.04 bits per heavy atom. The van der Waals surface area contributed by atoms with E-state index in [4.69, 9.17) is 9.47 Å². The van der Waals surface area contributed by atoms with Gasteiger partial charge < -0.3 is 14.5 Å². The molecular weight excluding hydrogens is 449 g/mol. The van der Waals surface area contributed by atoms with Crippen LogP contribution < -0.4 is 20.7 Å². The standard InChI is InChI=1S/C18H16IN3O4/c1-3-26-15-9-11(8-13(19)16(15)25-2)10-20-22-17(23)12-6-4-5-7-14(12)21-18(22)24/h4-10H,3H2,1-2H3,(H,21,24). The maximum Gasteiger partial charge on any atom is 0.349 e. The van der Waals surface area contributed by atoms with Crippen molar-refractivity contribution < 1.29 is 9.47 Å². The molecule has 0 fully saturated rings. The minimum absolute atomic E-state index is 0.392. The van der Waals surface area contributed by atoms with Crippen LogP contribution in [0.3, 0.4) is 0 Å². The summed E-state index contributed by atoms with van der Waals surface area (Å²) in [6.45, 7) is 2.36. The lowest BCUT2D eigenvalue weighted by molar-refractivity contribution is 0.309. The van der Waals surface area contributed by atoms with Crippen LogP contribution in [0, 0.1) is 3.57 Å². The molecule has 1 N–H and O–H groups in total. The van der Waals surface area contributed by atoms with Gasteiger partial charge in [0.25, 0.3) is 5.56 Å². The molecule has 0 spiro atoms. The average molecular weight is 465 g/mol. The topological polar surface area (TPSA) is 85.7 Å². The van der Waals surface area contributed by atoms with E-state index in [2.05, 4.69) is 32.7 Å². The number of methoxy groups -OCH3 is 1. The summed E-state index contributed by atoms with van der Waals surface area (Å²) in [7, 11) is 1.57. The van der Waals surface area contributed by atoms with Crippen LogP contribution in [-0.4, -0.2) is 29.6 Å². The number of halogens is 1. The molecule has 3 rings (SSSR count). The van der Waals surface area contributed by atoms with Crippen molar-refractivity contribution in [1.82, 2.24) is 9.66 Å². The molecule has 0 aliphatic rings. The molecule has 0 saturated carbocycles. The summed E-state index contributed by atoms with van der Waals surface area (Å²) in [5, 5.41) is 4.45. The van der Waals surface area contributed by atoms with Gasteiger partial charge in [0.2, 0.25) is 0 Å². The summed E-state index contributed by atoms with van der Waals surface area (Å²) in [5.41, 5.74) is 0.0803. The van der Waals surface area contributed by atoms with Crippen LogP contribution >= 0.6 is 22.6 Å². The predicted molar refractivity (Wildman–Crippen MR) is 109 cm³/mol. The molecule has 3 aromatic rings. The van der Waals surface area contributed by atoms with Crippen LogP contribution in [0.4, 0.5) is 0 Å². The second-order valence-electron chi connectivity index (χ2n) is 5.30. The minimum atomic E-state index is -0.599. The number of fused-ring (bicyclic) bond motifs is 1. The number of para-hydroxylation sites is 1. The Morgan fingerprint density at radius 3 is 2.77 bits per heavy atom. The van der Waals surface area contributed by atoms with Gasteiger partial charge in [-0.25, -0.2) is 4.79 Å². The van der Waals surface area contributed by atoms with Crippen molar-refractivity contribution >= 4 is 39.7 Å². The fourth-order valence-electron chi connectivity index (χ4n) is 2.51. The molecule has 0 radical (unpaired) electrons. The van der Waals surface area contributed by atoms with Gasteiger partial charge in [-0.15, -0.1) is 4.68 Å². The number of aromatic amines is 1. The first-order valence-electron chi connectivity index (χ1n) is 7.84. The van der Waals surface area contributed by atoms with Crippen molar-refractivity contribution in [3.8, 4) is 11.5 Å².